The average molecular weight is 125 g/mol. The molecule has 0 amide bonds. The molecule has 0 aromatic carbocycles. The van der Waals surface area contributed by atoms with Crippen molar-refractivity contribution in [2.24, 2.45) is 10.9 Å². The molecule has 0 N–H and O–H groups in total. The Morgan fingerprint density at radius 3 is 2.89 bits per heavy atom. The number of nitrogens with zero attached hydrogens (tertiary/aromatic N) is 1. The molecule has 0 bridgehead atoms. The second-order valence-electron chi connectivity index (χ2n) is 2.77. The van der Waals surface area contributed by atoms with Gasteiger partial charge in [0.15, 0.2) is 0 Å². The molecule has 0 aliphatic carbocycles. The summed E-state index contributed by atoms with van der Waals surface area (Å²) >= 11 is 0. The number of aliphatic imine (C=N–C) groups is 1. The van der Waals surface area contributed by atoms with Crippen molar-refractivity contribution in [1.82, 2.24) is 0 Å². The highest BCUT2D eigenvalue weighted by Gasteiger charge is 2.11. The zero-order valence-corrected chi connectivity index (χ0v) is 6.35. The van der Waals surface area contributed by atoms with Gasteiger partial charge in [-0.2, -0.15) is 0 Å². The van der Waals surface area contributed by atoms with Crippen molar-refractivity contribution in [2.75, 3.05) is 6.54 Å². The van der Waals surface area contributed by atoms with E-state index < -0.39 is 0 Å². The first-order chi connectivity index (χ1) is 4.34. The quantitative estimate of drug-likeness (QED) is 0.509. The molecule has 0 unspecified atom stereocenters. The molecule has 1 heteroatoms. The van der Waals surface area contributed by atoms with E-state index in [0.717, 1.165) is 18.9 Å². The minimum absolute atomic E-state index is 0.767. The molecule has 1 rings (SSSR count). The first kappa shape index (κ1) is 6.79. The number of rotatable bonds is 1. The predicted molar refractivity (Wildman–Crippen MR) is 41.0 cm³/mol. The van der Waals surface area contributed by atoms with Crippen LogP contribution in [0.15, 0.2) is 4.99 Å². The highest BCUT2D eigenvalue weighted by atomic mass is 14.7. The summed E-state index contributed by atoms with van der Waals surface area (Å²) in [4.78, 5) is 4.45. The summed E-state index contributed by atoms with van der Waals surface area (Å²) in [5, 5.41) is 0. The zero-order chi connectivity index (χ0) is 6.69. The van der Waals surface area contributed by atoms with Gasteiger partial charge < -0.3 is 0 Å². The molecule has 9 heavy (non-hydrogen) atoms. The van der Waals surface area contributed by atoms with E-state index in [4.69, 9.17) is 0 Å². The summed E-state index contributed by atoms with van der Waals surface area (Å²) < 4.78 is 0. The maximum Gasteiger partial charge on any atom is 0.0389 e. The van der Waals surface area contributed by atoms with Crippen LogP contribution in [0.3, 0.4) is 0 Å². The van der Waals surface area contributed by atoms with Crippen LogP contribution in [-0.2, 0) is 0 Å². The summed E-state index contributed by atoms with van der Waals surface area (Å²) in [6, 6.07) is 0. The van der Waals surface area contributed by atoms with Crippen molar-refractivity contribution < 1.29 is 0 Å². The largest absolute Gasteiger partial charge is 0.294 e. The smallest absolute Gasteiger partial charge is 0.0389 e. The van der Waals surface area contributed by atoms with Gasteiger partial charge >= 0.3 is 0 Å². The molecular formula is C8H15N. The lowest BCUT2D eigenvalue weighted by Crippen LogP contribution is -2.15. The van der Waals surface area contributed by atoms with E-state index in [0.29, 0.717) is 0 Å². The topological polar surface area (TPSA) is 12.4 Å². The van der Waals surface area contributed by atoms with Crippen LogP contribution in [-0.4, -0.2) is 12.3 Å². The van der Waals surface area contributed by atoms with Gasteiger partial charge in [0.05, 0.1) is 0 Å². The highest BCUT2D eigenvalue weighted by Crippen LogP contribution is 2.15. The minimum Gasteiger partial charge on any atom is -0.294 e. The Hall–Kier alpha value is -0.330. The van der Waals surface area contributed by atoms with Crippen molar-refractivity contribution in [3.63, 3.8) is 0 Å². The molecular weight excluding hydrogens is 110 g/mol. The van der Waals surface area contributed by atoms with E-state index in [1.165, 1.54) is 18.6 Å². The third-order valence-corrected chi connectivity index (χ3v) is 2.04. The molecule has 0 saturated carbocycles. The maximum absolute atomic E-state index is 4.45. The van der Waals surface area contributed by atoms with E-state index in [1.807, 2.05) is 0 Å². The Labute approximate surface area is 57.2 Å². The fourth-order valence-corrected chi connectivity index (χ4v) is 1.40. The molecule has 0 saturated heterocycles. The van der Waals surface area contributed by atoms with Gasteiger partial charge in [-0.05, 0) is 25.2 Å². The van der Waals surface area contributed by atoms with E-state index in [2.05, 4.69) is 18.8 Å². The van der Waals surface area contributed by atoms with Crippen LogP contribution >= 0.6 is 0 Å². The second-order valence-corrected chi connectivity index (χ2v) is 2.77. The van der Waals surface area contributed by atoms with Crippen molar-refractivity contribution in [2.45, 2.75) is 33.1 Å². The molecule has 0 fully saturated rings. The molecule has 1 heterocycles. The number of hydrogen-bond donors (Lipinski definition) is 0. The maximum atomic E-state index is 4.45. The van der Waals surface area contributed by atoms with Gasteiger partial charge in [-0.3, -0.25) is 4.99 Å². The van der Waals surface area contributed by atoms with Crippen LogP contribution in [0, 0.1) is 5.92 Å². The Bertz CT molecular complexity index is 116. The monoisotopic (exact) mass is 125 g/mol. The van der Waals surface area contributed by atoms with Crippen LogP contribution in [0.5, 0.6) is 0 Å². The Morgan fingerprint density at radius 1 is 1.67 bits per heavy atom. The molecule has 1 aliphatic heterocycles. The van der Waals surface area contributed by atoms with Crippen LogP contribution in [0.25, 0.3) is 0 Å². The van der Waals surface area contributed by atoms with Gasteiger partial charge in [0.25, 0.3) is 0 Å². The van der Waals surface area contributed by atoms with E-state index in [1.54, 1.807) is 0 Å². The molecule has 52 valence electrons. The summed E-state index contributed by atoms with van der Waals surface area (Å²) in [7, 11) is 0. The lowest BCUT2D eigenvalue weighted by molar-refractivity contribution is 0.600. The van der Waals surface area contributed by atoms with E-state index >= 15 is 0 Å². The highest BCUT2D eigenvalue weighted by molar-refractivity contribution is 5.86. The van der Waals surface area contributed by atoms with Crippen molar-refractivity contribution in [3.05, 3.63) is 0 Å². The molecule has 1 nitrogen and oxygen atoms in total. The lowest BCUT2D eigenvalue weighted by Gasteiger charge is -2.17. The van der Waals surface area contributed by atoms with E-state index in [-0.39, 0.29) is 0 Å². The molecule has 1 atom stereocenters. The van der Waals surface area contributed by atoms with Crippen LogP contribution in [0.1, 0.15) is 33.1 Å². The van der Waals surface area contributed by atoms with Crippen LogP contribution < -0.4 is 0 Å². The number of hydrogen-bond acceptors (Lipinski definition) is 1. The third kappa shape index (κ3) is 1.54. The Morgan fingerprint density at radius 2 is 2.44 bits per heavy atom. The zero-order valence-electron chi connectivity index (χ0n) is 6.35. The van der Waals surface area contributed by atoms with Gasteiger partial charge in [-0.15, -0.1) is 0 Å². The van der Waals surface area contributed by atoms with Crippen molar-refractivity contribution >= 4 is 5.71 Å². The van der Waals surface area contributed by atoms with Crippen molar-refractivity contribution in [1.29, 1.82) is 0 Å². The molecule has 0 spiro atoms. The summed E-state index contributed by atoms with van der Waals surface area (Å²) in [5.74, 6) is 0.767. The summed E-state index contributed by atoms with van der Waals surface area (Å²) in [6.45, 7) is 5.55. The Balaban J connectivity index is 2.53. The molecule has 0 aromatic heterocycles. The molecule has 1 aliphatic rings. The lowest BCUT2D eigenvalue weighted by atomic mass is 9.95. The SMILES string of the molecule is CCC1=NCCC[C@H]1C. The fourth-order valence-electron chi connectivity index (χ4n) is 1.40. The Kier molecular flexibility index (Phi) is 2.26. The van der Waals surface area contributed by atoms with Crippen LogP contribution in [0.4, 0.5) is 0 Å². The average Bonchev–Trinajstić information content (AvgIpc) is 1.89. The normalized spacial score (nSPS) is 27.8. The van der Waals surface area contributed by atoms with Crippen LogP contribution in [0.2, 0.25) is 0 Å². The van der Waals surface area contributed by atoms with E-state index in [9.17, 15) is 0 Å². The molecule has 0 radical (unpaired) electrons. The first-order valence-corrected chi connectivity index (χ1v) is 3.87. The molecule has 0 aromatic rings. The standard InChI is InChI=1S/C8H15N/c1-3-8-7(2)5-4-6-9-8/h7H,3-6H2,1-2H3/t7-/m1/s1. The third-order valence-electron chi connectivity index (χ3n) is 2.04. The summed E-state index contributed by atoms with van der Waals surface area (Å²) in [5.41, 5.74) is 1.43. The fraction of sp³-hybridized carbons (Fsp3) is 0.875. The first-order valence-electron chi connectivity index (χ1n) is 3.87. The second kappa shape index (κ2) is 3.00. The van der Waals surface area contributed by atoms with Gasteiger partial charge in [-0.1, -0.05) is 13.8 Å². The summed E-state index contributed by atoms with van der Waals surface area (Å²) in [6.07, 6.45) is 3.80. The minimum atomic E-state index is 0.767. The van der Waals surface area contributed by atoms with Crippen molar-refractivity contribution in [3.8, 4) is 0 Å². The van der Waals surface area contributed by atoms with Gasteiger partial charge in [0.1, 0.15) is 0 Å². The van der Waals surface area contributed by atoms with Gasteiger partial charge in [-0.25, -0.2) is 0 Å². The predicted octanol–water partition coefficient (Wildman–Crippen LogP) is 2.27. The van der Waals surface area contributed by atoms with Gasteiger partial charge in [0, 0.05) is 12.3 Å². The van der Waals surface area contributed by atoms with Gasteiger partial charge in [0.2, 0.25) is 0 Å².